The van der Waals surface area contributed by atoms with Crippen molar-refractivity contribution in [1.82, 2.24) is 20.6 Å². The molecule has 197 valence electrons. The smallest absolute Gasteiger partial charge is 0.265 e. The van der Waals surface area contributed by atoms with E-state index < -0.39 is 11.4 Å². The Morgan fingerprint density at radius 1 is 0.846 bits per heavy atom. The van der Waals surface area contributed by atoms with Crippen LogP contribution >= 0.6 is 0 Å². The summed E-state index contributed by atoms with van der Waals surface area (Å²) >= 11 is 0. The van der Waals surface area contributed by atoms with Crippen LogP contribution in [-0.4, -0.2) is 32.2 Å². The largest absolute Gasteiger partial charge is 0.348 e. The van der Waals surface area contributed by atoms with Crippen molar-refractivity contribution >= 4 is 33.4 Å². The number of rotatable bonds is 9. The first-order valence-corrected chi connectivity index (χ1v) is 13.3. The fourth-order valence-electron chi connectivity index (χ4n) is 5.53. The van der Waals surface area contributed by atoms with Crippen molar-refractivity contribution in [2.75, 3.05) is 0 Å². The van der Waals surface area contributed by atoms with Crippen molar-refractivity contribution in [3.8, 4) is 0 Å². The lowest BCUT2D eigenvalue weighted by molar-refractivity contribution is -0.146. The molecule has 1 unspecified atom stereocenters. The summed E-state index contributed by atoms with van der Waals surface area (Å²) in [5, 5.41) is 4.13. The van der Waals surface area contributed by atoms with Crippen molar-refractivity contribution in [3.63, 3.8) is 0 Å². The zero-order valence-corrected chi connectivity index (χ0v) is 22.6. The number of carbonyl (C=O) groups excluding carboxylic acids is 2. The van der Waals surface area contributed by atoms with Crippen molar-refractivity contribution < 1.29 is 9.59 Å². The van der Waals surface area contributed by atoms with E-state index in [0.717, 1.165) is 38.5 Å². The molecule has 0 fully saturated rings. The summed E-state index contributed by atoms with van der Waals surface area (Å²) in [5.74, 6) is -0.0780. The minimum Gasteiger partial charge on any atom is -0.348 e. The molecule has 5 aromatic rings. The first kappa shape index (κ1) is 26.2. The van der Waals surface area contributed by atoms with Gasteiger partial charge in [0.1, 0.15) is 11.4 Å². The molecule has 1 radical (unpaired) electrons. The molecule has 0 bridgehead atoms. The third-order valence-electron chi connectivity index (χ3n) is 7.56. The molecule has 5 rings (SSSR count). The van der Waals surface area contributed by atoms with E-state index in [9.17, 15) is 9.59 Å². The lowest BCUT2D eigenvalue weighted by atomic mass is 9.81. The SMILES string of the molecule is CC(=O)N(Cc1cccc2ccccc12)C(Cc1c[nH]c(C(C)C)n1)(Cc1cccc2ccccc12)C([NH])=O. The number of hydrogen-bond acceptors (Lipinski definition) is 3. The quantitative estimate of drug-likeness (QED) is 0.252. The second-order valence-electron chi connectivity index (χ2n) is 10.5. The summed E-state index contributed by atoms with van der Waals surface area (Å²) < 4.78 is 0. The molecule has 2 N–H and O–H groups in total. The van der Waals surface area contributed by atoms with Crippen LogP contribution < -0.4 is 5.73 Å². The summed E-state index contributed by atoms with van der Waals surface area (Å²) in [6.45, 7) is 5.78. The van der Waals surface area contributed by atoms with Gasteiger partial charge in [-0.15, -0.1) is 0 Å². The van der Waals surface area contributed by atoms with Crippen LogP contribution in [0.2, 0.25) is 0 Å². The van der Waals surface area contributed by atoms with Crippen molar-refractivity contribution in [2.24, 2.45) is 0 Å². The number of imidazole rings is 1. The van der Waals surface area contributed by atoms with Gasteiger partial charge < -0.3 is 9.88 Å². The molecule has 6 nitrogen and oxygen atoms in total. The normalized spacial score (nSPS) is 13.0. The van der Waals surface area contributed by atoms with Crippen molar-refractivity contribution in [1.29, 1.82) is 0 Å². The number of carbonyl (C=O) groups is 2. The third-order valence-corrected chi connectivity index (χ3v) is 7.56. The molecule has 39 heavy (non-hydrogen) atoms. The number of aromatic nitrogens is 2. The van der Waals surface area contributed by atoms with Crippen LogP contribution in [0.1, 0.15) is 49.3 Å². The predicted octanol–water partition coefficient (Wildman–Crippen LogP) is 6.22. The van der Waals surface area contributed by atoms with Gasteiger partial charge in [0.25, 0.3) is 5.91 Å². The number of benzene rings is 4. The second-order valence-corrected chi connectivity index (χ2v) is 10.5. The Morgan fingerprint density at radius 2 is 1.41 bits per heavy atom. The average Bonchev–Trinajstić information content (AvgIpc) is 3.40. The molecule has 0 spiro atoms. The van der Waals surface area contributed by atoms with Gasteiger partial charge >= 0.3 is 0 Å². The monoisotopic (exact) mass is 517 g/mol. The van der Waals surface area contributed by atoms with Gasteiger partial charge in [0, 0.05) is 38.4 Å². The summed E-state index contributed by atoms with van der Waals surface area (Å²) in [4.78, 5) is 36.6. The van der Waals surface area contributed by atoms with Gasteiger partial charge in [-0.3, -0.25) is 15.3 Å². The number of nitrogens with zero attached hydrogens (tertiary/aromatic N) is 2. The summed E-state index contributed by atoms with van der Waals surface area (Å²) in [7, 11) is 0. The average molecular weight is 518 g/mol. The molecular weight excluding hydrogens is 484 g/mol. The van der Waals surface area contributed by atoms with E-state index >= 15 is 0 Å². The van der Waals surface area contributed by atoms with Crippen LogP contribution in [0.3, 0.4) is 0 Å². The number of nitrogens with one attached hydrogen (secondary N) is 2. The number of fused-ring (bicyclic) bond motifs is 2. The highest BCUT2D eigenvalue weighted by Gasteiger charge is 2.46. The summed E-state index contributed by atoms with van der Waals surface area (Å²) in [5.41, 5.74) is 9.70. The molecule has 0 aliphatic rings. The van der Waals surface area contributed by atoms with E-state index in [1.165, 1.54) is 6.92 Å². The topological polar surface area (TPSA) is 89.9 Å². The van der Waals surface area contributed by atoms with Crippen LogP contribution in [-0.2, 0) is 29.0 Å². The maximum absolute atomic E-state index is 13.6. The fraction of sp³-hybridized carbons (Fsp3) is 0.242. The number of aromatic amines is 1. The minimum absolute atomic E-state index is 0.131. The van der Waals surface area contributed by atoms with Gasteiger partial charge in [0.05, 0.1) is 5.69 Å². The van der Waals surface area contributed by atoms with E-state index in [1.807, 2.05) is 98.8 Å². The molecule has 6 heteroatoms. The van der Waals surface area contributed by atoms with E-state index in [2.05, 4.69) is 4.98 Å². The Balaban J connectivity index is 1.67. The maximum atomic E-state index is 13.6. The van der Waals surface area contributed by atoms with Gasteiger partial charge in [-0.1, -0.05) is 98.8 Å². The number of amides is 2. The van der Waals surface area contributed by atoms with E-state index in [4.69, 9.17) is 10.7 Å². The highest BCUT2D eigenvalue weighted by Crippen LogP contribution is 2.33. The molecular formula is C33H33N4O2. The predicted molar refractivity (Wildman–Crippen MR) is 155 cm³/mol. The Kier molecular flexibility index (Phi) is 7.20. The van der Waals surface area contributed by atoms with Crippen LogP contribution in [0.5, 0.6) is 0 Å². The Labute approximate surface area is 228 Å². The minimum atomic E-state index is -1.46. The zero-order valence-electron chi connectivity index (χ0n) is 22.6. The molecule has 0 aliphatic carbocycles. The van der Waals surface area contributed by atoms with Crippen LogP contribution in [0.25, 0.3) is 21.5 Å². The highest BCUT2D eigenvalue weighted by atomic mass is 16.2. The molecule has 0 saturated carbocycles. The van der Waals surface area contributed by atoms with E-state index in [1.54, 1.807) is 11.1 Å². The fourth-order valence-corrected chi connectivity index (χ4v) is 5.53. The van der Waals surface area contributed by atoms with Crippen LogP contribution in [0.15, 0.2) is 91.1 Å². The summed E-state index contributed by atoms with van der Waals surface area (Å²) in [6.07, 6.45) is 2.13. The second kappa shape index (κ2) is 10.7. The van der Waals surface area contributed by atoms with Gasteiger partial charge in [0.15, 0.2) is 0 Å². The Hall–Kier alpha value is -4.45. The third kappa shape index (κ3) is 5.15. The van der Waals surface area contributed by atoms with Gasteiger partial charge in [-0.05, 0) is 32.7 Å². The number of hydrogen-bond donors (Lipinski definition) is 1. The van der Waals surface area contributed by atoms with Gasteiger partial charge in [-0.25, -0.2) is 4.98 Å². The van der Waals surface area contributed by atoms with Gasteiger partial charge in [-0.2, -0.15) is 0 Å². The molecule has 0 saturated heterocycles. The van der Waals surface area contributed by atoms with Crippen LogP contribution in [0, 0.1) is 0 Å². The molecule has 1 heterocycles. The van der Waals surface area contributed by atoms with Crippen molar-refractivity contribution in [3.05, 3.63) is 114 Å². The summed E-state index contributed by atoms with van der Waals surface area (Å²) in [6, 6.07) is 28.0. The maximum Gasteiger partial charge on any atom is 0.265 e. The van der Waals surface area contributed by atoms with E-state index in [0.29, 0.717) is 5.69 Å². The number of H-pyrrole nitrogens is 1. The molecule has 0 aliphatic heterocycles. The van der Waals surface area contributed by atoms with Crippen molar-refractivity contribution in [2.45, 2.75) is 51.6 Å². The first-order valence-electron chi connectivity index (χ1n) is 13.3. The molecule has 1 aromatic heterocycles. The molecule has 4 aromatic carbocycles. The lowest BCUT2D eigenvalue weighted by Gasteiger charge is -2.41. The zero-order chi connectivity index (χ0) is 27.6. The van der Waals surface area contributed by atoms with Crippen LogP contribution in [0.4, 0.5) is 0 Å². The molecule has 2 amide bonds. The van der Waals surface area contributed by atoms with E-state index in [-0.39, 0.29) is 31.2 Å². The standard InChI is InChI=1S/C33H33N4O2/c1-22(2)31-35-20-28(36-31)19-33(32(34)39,18-26-14-8-12-24-10-4-6-16-29(24)26)37(23(3)38)21-27-15-9-13-25-11-5-7-17-30(25)27/h4-17,20,22,34H,18-19,21H2,1-3H3,(H,35,36). The van der Waals surface area contributed by atoms with Gasteiger partial charge in [0.2, 0.25) is 5.91 Å². The highest BCUT2D eigenvalue weighted by molar-refractivity contribution is 5.93. The first-order chi connectivity index (χ1) is 18.8. The lowest BCUT2D eigenvalue weighted by Crippen LogP contribution is -2.59. The Morgan fingerprint density at radius 3 is 1.97 bits per heavy atom. The molecule has 1 atom stereocenters. The Bertz CT molecular complexity index is 1640.